The number of ether oxygens (including phenoxy) is 2. The van der Waals surface area contributed by atoms with E-state index in [9.17, 15) is 9.90 Å². The predicted molar refractivity (Wildman–Crippen MR) is 109 cm³/mol. The van der Waals surface area contributed by atoms with Crippen molar-refractivity contribution in [2.45, 2.75) is 26.1 Å². The molecule has 1 aliphatic rings. The molecule has 0 aliphatic carbocycles. The molecule has 1 fully saturated rings. The number of carboxylic acids is 1. The lowest BCUT2D eigenvalue weighted by Gasteiger charge is -2.35. The molecule has 1 N–H and O–H groups in total. The summed E-state index contributed by atoms with van der Waals surface area (Å²) in [6, 6.07) is 6.99. The molecular formula is C20H21N3O4S. The second-order valence-electron chi connectivity index (χ2n) is 6.96. The van der Waals surface area contributed by atoms with Gasteiger partial charge in [-0.3, -0.25) is 4.98 Å². The van der Waals surface area contributed by atoms with E-state index in [0.717, 1.165) is 40.3 Å². The van der Waals surface area contributed by atoms with Gasteiger partial charge >= 0.3 is 5.97 Å². The number of pyridine rings is 1. The summed E-state index contributed by atoms with van der Waals surface area (Å²) in [5.41, 5.74) is 3.53. The Kier molecular flexibility index (Phi) is 4.91. The van der Waals surface area contributed by atoms with Gasteiger partial charge in [-0.05, 0) is 49.1 Å². The van der Waals surface area contributed by atoms with Crippen LogP contribution in [0, 0.1) is 0 Å². The number of aromatic nitrogens is 2. The van der Waals surface area contributed by atoms with E-state index in [1.807, 2.05) is 6.07 Å². The lowest BCUT2D eigenvalue weighted by Crippen LogP contribution is -2.45. The Balaban J connectivity index is 1.69. The number of morpholine rings is 1. The van der Waals surface area contributed by atoms with Gasteiger partial charge in [-0.25, -0.2) is 4.79 Å². The van der Waals surface area contributed by atoms with Crippen LogP contribution >= 0.6 is 11.5 Å². The van der Waals surface area contributed by atoms with E-state index < -0.39 is 5.97 Å². The maximum atomic E-state index is 11.3. The summed E-state index contributed by atoms with van der Waals surface area (Å²) >= 11 is 1.45. The molecule has 7 nitrogen and oxygen atoms in total. The molecule has 28 heavy (non-hydrogen) atoms. The maximum absolute atomic E-state index is 11.3. The summed E-state index contributed by atoms with van der Waals surface area (Å²) in [4.78, 5) is 18.2. The first-order valence-electron chi connectivity index (χ1n) is 9.03. The smallest absolute Gasteiger partial charge is 0.339 e. The first kappa shape index (κ1) is 18.6. The predicted octanol–water partition coefficient (Wildman–Crippen LogP) is 3.68. The zero-order valence-electron chi connectivity index (χ0n) is 15.9. The van der Waals surface area contributed by atoms with Gasteiger partial charge in [0, 0.05) is 24.8 Å². The average Bonchev–Trinajstić information content (AvgIpc) is 3.09. The minimum atomic E-state index is -1.02. The number of hydrogen-bond acceptors (Lipinski definition) is 7. The SMILES string of the molecule is COc1cc(-c2cnc3c(N4C[C@@H](C)O[C@@H](C)C4)snc3c2)ccc1C(=O)O. The summed E-state index contributed by atoms with van der Waals surface area (Å²) < 4.78 is 15.6. The number of benzene rings is 1. The largest absolute Gasteiger partial charge is 0.496 e. The average molecular weight is 399 g/mol. The summed E-state index contributed by atoms with van der Waals surface area (Å²) in [5.74, 6) is -0.699. The molecule has 1 aromatic carbocycles. The lowest BCUT2D eigenvalue weighted by molar-refractivity contribution is -0.00494. The number of nitrogens with zero attached hydrogens (tertiary/aromatic N) is 3. The van der Waals surface area contributed by atoms with E-state index in [1.165, 1.54) is 18.6 Å². The molecule has 3 aromatic rings. The second kappa shape index (κ2) is 7.37. The highest BCUT2D eigenvalue weighted by Crippen LogP contribution is 2.34. The first-order chi connectivity index (χ1) is 13.5. The zero-order valence-corrected chi connectivity index (χ0v) is 16.7. The molecule has 0 unspecified atom stereocenters. The summed E-state index contributed by atoms with van der Waals surface area (Å²) in [7, 11) is 1.46. The van der Waals surface area contributed by atoms with Gasteiger partial charge in [0.05, 0.1) is 19.3 Å². The van der Waals surface area contributed by atoms with E-state index in [1.54, 1.807) is 24.4 Å². The van der Waals surface area contributed by atoms with Crippen molar-refractivity contribution in [2.75, 3.05) is 25.1 Å². The van der Waals surface area contributed by atoms with Crippen molar-refractivity contribution in [3.63, 3.8) is 0 Å². The van der Waals surface area contributed by atoms with Gasteiger partial charge in [-0.2, -0.15) is 4.37 Å². The Labute approximate surface area is 166 Å². The van der Waals surface area contributed by atoms with Crippen LogP contribution < -0.4 is 9.64 Å². The number of rotatable bonds is 4. The van der Waals surface area contributed by atoms with Crippen molar-refractivity contribution >= 4 is 33.5 Å². The van der Waals surface area contributed by atoms with Crippen molar-refractivity contribution in [2.24, 2.45) is 0 Å². The summed E-state index contributed by atoms with van der Waals surface area (Å²) in [6.07, 6.45) is 2.13. The van der Waals surface area contributed by atoms with Gasteiger partial charge in [0.25, 0.3) is 0 Å². The second-order valence-corrected chi connectivity index (χ2v) is 7.71. The van der Waals surface area contributed by atoms with Gasteiger partial charge in [0.2, 0.25) is 0 Å². The molecule has 0 bridgehead atoms. The molecule has 1 aliphatic heterocycles. The lowest BCUT2D eigenvalue weighted by atomic mass is 10.0. The fourth-order valence-corrected chi connectivity index (χ4v) is 4.41. The van der Waals surface area contributed by atoms with Gasteiger partial charge < -0.3 is 19.5 Å². The number of fused-ring (bicyclic) bond motifs is 1. The molecule has 4 rings (SSSR count). The molecule has 0 radical (unpaired) electrons. The normalized spacial score (nSPS) is 19.8. The van der Waals surface area contributed by atoms with Crippen LogP contribution in [0.15, 0.2) is 30.5 Å². The minimum Gasteiger partial charge on any atom is -0.496 e. The van der Waals surface area contributed by atoms with E-state index >= 15 is 0 Å². The summed E-state index contributed by atoms with van der Waals surface area (Å²) in [6.45, 7) is 5.79. The van der Waals surface area contributed by atoms with E-state index in [2.05, 4.69) is 28.1 Å². The molecule has 1 saturated heterocycles. The van der Waals surface area contributed by atoms with Crippen molar-refractivity contribution in [3.05, 3.63) is 36.0 Å². The molecule has 0 saturated carbocycles. The Morgan fingerprint density at radius 3 is 2.68 bits per heavy atom. The fourth-order valence-electron chi connectivity index (χ4n) is 3.58. The minimum absolute atomic E-state index is 0.131. The Bertz CT molecular complexity index is 1030. The number of carbonyl (C=O) groups is 1. The van der Waals surface area contributed by atoms with Crippen molar-refractivity contribution < 1.29 is 19.4 Å². The number of methoxy groups -OCH3 is 1. The number of anilines is 1. The highest BCUT2D eigenvalue weighted by Gasteiger charge is 2.25. The molecule has 3 heterocycles. The Morgan fingerprint density at radius 2 is 2.00 bits per heavy atom. The topological polar surface area (TPSA) is 84.8 Å². The van der Waals surface area contributed by atoms with Crippen LogP contribution in [0.5, 0.6) is 5.75 Å². The number of hydrogen-bond donors (Lipinski definition) is 1. The van der Waals surface area contributed by atoms with Gasteiger partial charge in [0.15, 0.2) is 0 Å². The molecule has 146 valence electrons. The molecule has 2 atom stereocenters. The van der Waals surface area contributed by atoms with Gasteiger partial charge in [-0.15, -0.1) is 0 Å². The van der Waals surface area contributed by atoms with Crippen LogP contribution in [-0.2, 0) is 4.74 Å². The molecule has 0 amide bonds. The van der Waals surface area contributed by atoms with Crippen molar-refractivity contribution in [1.82, 2.24) is 9.36 Å². The highest BCUT2D eigenvalue weighted by molar-refractivity contribution is 7.11. The zero-order chi connectivity index (χ0) is 19.8. The highest BCUT2D eigenvalue weighted by atomic mass is 32.1. The van der Waals surface area contributed by atoms with Crippen LogP contribution in [0.4, 0.5) is 5.00 Å². The monoisotopic (exact) mass is 399 g/mol. The summed E-state index contributed by atoms with van der Waals surface area (Å²) in [5, 5.41) is 10.3. The number of aromatic carboxylic acids is 1. The van der Waals surface area contributed by atoms with Crippen LogP contribution in [0.2, 0.25) is 0 Å². The van der Waals surface area contributed by atoms with Crippen LogP contribution in [0.25, 0.3) is 22.2 Å². The standard InChI is InChI=1S/C20H21N3O4S/c1-11-9-23(10-12(2)27-11)19-18-16(22-28-19)6-14(8-21-18)13-4-5-15(20(24)25)17(7-13)26-3/h4-8,11-12H,9-10H2,1-3H3,(H,24,25)/t11-,12+. The molecule has 0 spiro atoms. The molecular weight excluding hydrogens is 378 g/mol. The van der Waals surface area contributed by atoms with E-state index in [-0.39, 0.29) is 17.8 Å². The number of carboxylic acid groups (broad SMARTS) is 1. The van der Waals surface area contributed by atoms with Gasteiger partial charge in [0.1, 0.15) is 27.3 Å². The molecule has 8 heteroatoms. The fraction of sp³-hybridized carbons (Fsp3) is 0.350. The van der Waals surface area contributed by atoms with Crippen LogP contribution in [-0.4, -0.2) is 52.8 Å². The Morgan fingerprint density at radius 1 is 1.25 bits per heavy atom. The molecule has 2 aromatic heterocycles. The third-order valence-corrected chi connectivity index (χ3v) is 5.69. The Hall–Kier alpha value is -2.71. The third kappa shape index (κ3) is 3.41. The maximum Gasteiger partial charge on any atom is 0.339 e. The van der Waals surface area contributed by atoms with Crippen LogP contribution in [0.1, 0.15) is 24.2 Å². The van der Waals surface area contributed by atoms with Gasteiger partial charge in [-0.1, -0.05) is 6.07 Å². The quantitative estimate of drug-likeness (QED) is 0.716. The third-order valence-electron chi connectivity index (χ3n) is 4.77. The first-order valence-corrected chi connectivity index (χ1v) is 9.81. The van der Waals surface area contributed by atoms with Crippen molar-refractivity contribution in [3.8, 4) is 16.9 Å². The van der Waals surface area contributed by atoms with E-state index in [0.29, 0.717) is 5.75 Å². The van der Waals surface area contributed by atoms with Crippen LogP contribution in [0.3, 0.4) is 0 Å². The van der Waals surface area contributed by atoms with Crippen molar-refractivity contribution in [1.29, 1.82) is 0 Å². The van der Waals surface area contributed by atoms with E-state index in [4.69, 9.17) is 9.47 Å².